The van der Waals surface area contributed by atoms with E-state index in [2.05, 4.69) is 29.7 Å². The summed E-state index contributed by atoms with van der Waals surface area (Å²) in [7, 11) is 0. The molecule has 0 saturated heterocycles. The summed E-state index contributed by atoms with van der Waals surface area (Å²) in [5.74, 6) is 1.39. The SMILES string of the molecule is Cc1c(C(=O)NCCC(C)C)oc2c1/C(=N/NC(N)=O)CCC2. The Morgan fingerprint density at radius 2 is 2.09 bits per heavy atom. The zero-order valence-electron chi connectivity index (χ0n) is 13.9. The Morgan fingerprint density at radius 3 is 2.74 bits per heavy atom. The summed E-state index contributed by atoms with van der Waals surface area (Å²) in [6, 6.07) is -0.711. The Labute approximate surface area is 135 Å². The Hall–Kier alpha value is -2.31. The molecular formula is C16H24N4O3. The van der Waals surface area contributed by atoms with E-state index in [1.165, 1.54) is 0 Å². The Bertz CT molecular complexity index is 632. The van der Waals surface area contributed by atoms with Gasteiger partial charge in [0.05, 0.1) is 5.71 Å². The fourth-order valence-corrected chi connectivity index (χ4v) is 2.67. The van der Waals surface area contributed by atoms with E-state index >= 15 is 0 Å². The van der Waals surface area contributed by atoms with Gasteiger partial charge < -0.3 is 15.5 Å². The molecule has 7 heteroatoms. The largest absolute Gasteiger partial charge is 0.455 e. The van der Waals surface area contributed by atoms with E-state index in [4.69, 9.17) is 10.2 Å². The van der Waals surface area contributed by atoms with E-state index in [1.807, 2.05) is 6.92 Å². The lowest BCUT2D eigenvalue weighted by Crippen LogP contribution is -2.27. The van der Waals surface area contributed by atoms with Crippen molar-refractivity contribution in [3.63, 3.8) is 0 Å². The maximum atomic E-state index is 12.3. The van der Waals surface area contributed by atoms with Crippen LogP contribution < -0.4 is 16.5 Å². The van der Waals surface area contributed by atoms with Crippen LogP contribution in [0.4, 0.5) is 4.79 Å². The molecule has 7 nitrogen and oxygen atoms in total. The fraction of sp³-hybridized carbons (Fsp3) is 0.562. The second kappa shape index (κ2) is 7.30. The molecule has 126 valence electrons. The van der Waals surface area contributed by atoms with Crippen LogP contribution in [-0.2, 0) is 6.42 Å². The summed E-state index contributed by atoms with van der Waals surface area (Å²) in [6.45, 7) is 6.67. The van der Waals surface area contributed by atoms with Crippen molar-refractivity contribution < 1.29 is 14.0 Å². The van der Waals surface area contributed by atoms with E-state index in [0.29, 0.717) is 30.4 Å². The summed E-state index contributed by atoms with van der Waals surface area (Å²) in [5, 5.41) is 6.93. The van der Waals surface area contributed by atoms with Gasteiger partial charge >= 0.3 is 6.03 Å². The molecule has 0 bridgehead atoms. The molecule has 1 aromatic heterocycles. The second-order valence-electron chi connectivity index (χ2n) is 6.18. The first kappa shape index (κ1) is 17.1. The van der Waals surface area contributed by atoms with Gasteiger partial charge in [-0.05, 0) is 32.1 Å². The number of rotatable bonds is 5. The molecule has 0 unspecified atom stereocenters. The molecule has 0 aromatic carbocycles. The first-order valence-electron chi connectivity index (χ1n) is 7.93. The van der Waals surface area contributed by atoms with E-state index in [-0.39, 0.29) is 5.91 Å². The van der Waals surface area contributed by atoms with Gasteiger partial charge in [-0.15, -0.1) is 0 Å². The summed E-state index contributed by atoms with van der Waals surface area (Å²) in [4.78, 5) is 23.1. The molecular weight excluding hydrogens is 296 g/mol. The Morgan fingerprint density at radius 1 is 1.35 bits per heavy atom. The van der Waals surface area contributed by atoms with Gasteiger partial charge in [0.15, 0.2) is 5.76 Å². The van der Waals surface area contributed by atoms with Gasteiger partial charge in [-0.1, -0.05) is 13.8 Å². The van der Waals surface area contributed by atoms with Crippen molar-refractivity contribution in [2.24, 2.45) is 16.8 Å². The number of amides is 3. The molecule has 1 heterocycles. The number of nitrogens with zero attached hydrogens (tertiary/aromatic N) is 1. The van der Waals surface area contributed by atoms with Crippen LogP contribution in [0.3, 0.4) is 0 Å². The first-order chi connectivity index (χ1) is 10.9. The van der Waals surface area contributed by atoms with Crippen LogP contribution >= 0.6 is 0 Å². The summed E-state index contributed by atoms with van der Waals surface area (Å²) < 4.78 is 5.76. The number of furan rings is 1. The predicted molar refractivity (Wildman–Crippen MR) is 87.4 cm³/mol. The van der Waals surface area contributed by atoms with Crippen LogP contribution in [0.15, 0.2) is 9.52 Å². The van der Waals surface area contributed by atoms with Crippen LogP contribution in [0.25, 0.3) is 0 Å². The molecule has 4 N–H and O–H groups in total. The topological polar surface area (TPSA) is 110 Å². The highest BCUT2D eigenvalue weighted by atomic mass is 16.4. The monoisotopic (exact) mass is 320 g/mol. The molecule has 1 aliphatic carbocycles. The highest BCUT2D eigenvalue weighted by Gasteiger charge is 2.27. The third kappa shape index (κ3) is 4.12. The molecule has 23 heavy (non-hydrogen) atoms. The summed E-state index contributed by atoms with van der Waals surface area (Å²) in [5.41, 5.74) is 9.59. The van der Waals surface area contributed by atoms with Gasteiger partial charge in [0.2, 0.25) is 0 Å². The maximum absolute atomic E-state index is 12.3. The number of urea groups is 1. The quantitative estimate of drug-likeness (QED) is 0.722. The number of carbonyl (C=O) groups excluding carboxylic acids is 2. The van der Waals surface area contributed by atoms with Gasteiger partial charge in [0, 0.05) is 24.1 Å². The van der Waals surface area contributed by atoms with E-state index in [1.54, 1.807) is 0 Å². The summed E-state index contributed by atoms with van der Waals surface area (Å²) in [6.07, 6.45) is 3.24. The zero-order valence-corrected chi connectivity index (χ0v) is 13.9. The Kier molecular flexibility index (Phi) is 5.41. The van der Waals surface area contributed by atoms with Crippen LogP contribution in [0.2, 0.25) is 0 Å². The lowest BCUT2D eigenvalue weighted by atomic mass is 9.93. The van der Waals surface area contributed by atoms with Crippen molar-refractivity contribution in [2.45, 2.75) is 46.5 Å². The minimum Gasteiger partial charge on any atom is -0.455 e. The van der Waals surface area contributed by atoms with Crippen molar-refractivity contribution in [3.8, 4) is 0 Å². The minimum atomic E-state index is -0.711. The fourth-order valence-electron chi connectivity index (χ4n) is 2.67. The van der Waals surface area contributed by atoms with Crippen LogP contribution in [0.5, 0.6) is 0 Å². The molecule has 0 saturated carbocycles. The molecule has 0 fully saturated rings. The average Bonchev–Trinajstić information content (AvgIpc) is 2.82. The minimum absolute atomic E-state index is 0.209. The zero-order chi connectivity index (χ0) is 17.0. The number of hydrazone groups is 1. The highest BCUT2D eigenvalue weighted by Crippen LogP contribution is 2.29. The van der Waals surface area contributed by atoms with Gasteiger partial charge in [-0.25, -0.2) is 10.2 Å². The molecule has 0 radical (unpaired) electrons. The first-order valence-corrected chi connectivity index (χ1v) is 7.93. The van der Waals surface area contributed by atoms with Gasteiger partial charge in [0.25, 0.3) is 5.91 Å². The number of carbonyl (C=O) groups is 2. The van der Waals surface area contributed by atoms with Gasteiger partial charge in [0.1, 0.15) is 5.76 Å². The second-order valence-corrected chi connectivity index (χ2v) is 6.18. The number of nitrogens with two attached hydrogens (primary N) is 1. The average molecular weight is 320 g/mol. The molecule has 1 aliphatic rings. The molecule has 0 spiro atoms. The molecule has 0 aliphatic heterocycles. The number of primary amides is 1. The standard InChI is InChI=1S/C16H24N4O3/c1-9(2)7-8-18-15(21)14-10(3)13-11(19-20-16(17)22)5-4-6-12(13)23-14/h9H,4-8H2,1-3H3,(H,18,21)(H3,17,20,22)/b19-11+. The number of hydrogen-bond donors (Lipinski definition) is 3. The van der Waals surface area contributed by atoms with Crippen LogP contribution in [0, 0.1) is 12.8 Å². The van der Waals surface area contributed by atoms with E-state index in [9.17, 15) is 9.59 Å². The summed E-state index contributed by atoms with van der Waals surface area (Å²) >= 11 is 0. The smallest absolute Gasteiger partial charge is 0.332 e. The van der Waals surface area contributed by atoms with Crippen LogP contribution in [0.1, 0.15) is 60.6 Å². The molecule has 3 amide bonds. The molecule has 2 rings (SSSR count). The predicted octanol–water partition coefficient (Wildman–Crippen LogP) is 2.07. The van der Waals surface area contributed by atoms with E-state index < -0.39 is 6.03 Å². The number of aryl methyl sites for hydroxylation is 1. The lowest BCUT2D eigenvalue weighted by Gasteiger charge is -2.13. The third-order valence-electron chi connectivity index (χ3n) is 3.84. The van der Waals surface area contributed by atoms with Crippen molar-refractivity contribution >= 4 is 17.6 Å². The highest BCUT2D eigenvalue weighted by molar-refractivity contribution is 6.06. The van der Waals surface area contributed by atoms with Crippen molar-refractivity contribution in [3.05, 3.63) is 22.6 Å². The number of fused-ring (bicyclic) bond motifs is 1. The number of nitrogens with one attached hydrogen (secondary N) is 2. The third-order valence-corrected chi connectivity index (χ3v) is 3.84. The van der Waals surface area contributed by atoms with Gasteiger partial charge in [-0.2, -0.15) is 5.10 Å². The maximum Gasteiger partial charge on any atom is 0.332 e. The normalized spacial score (nSPS) is 15.6. The van der Waals surface area contributed by atoms with Gasteiger partial charge in [-0.3, -0.25) is 4.79 Å². The lowest BCUT2D eigenvalue weighted by molar-refractivity contribution is 0.0921. The van der Waals surface area contributed by atoms with Crippen molar-refractivity contribution in [1.29, 1.82) is 0 Å². The van der Waals surface area contributed by atoms with Crippen molar-refractivity contribution in [2.75, 3.05) is 6.54 Å². The van der Waals surface area contributed by atoms with E-state index in [0.717, 1.165) is 36.1 Å². The van der Waals surface area contributed by atoms with Crippen molar-refractivity contribution in [1.82, 2.24) is 10.7 Å². The Balaban J connectivity index is 2.20. The van der Waals surface area contributed by atoms with Crippen LogP contribution in [-0.4, -0.2) is 24.2 Å². The number of hydrogen-bond acceptors (Lipinski definition) is 4. The molecule has 1 aromatic rings. The molecule has 0 atom stereocenters.